The number of pyridine rings is 1. The highest BCUT2D eigenvalue weighted by Crippen LogP contribution is 2.16. The lowest BCUT2D eigenvalue weighted by molar-refractivity contribution is 0.0932. The molecular formula is C15H24N4O. The maximum Gasteiger partial charge on any atom is 0.269 e. The van der Waals surface area contributed by atoms with Gasteiger partial charge >= 0.3 is 0 Å². The normalized spacial score (nSPS) is 16.9. The Bertz CT molecular complexity index is 441. The Kier molecular flexibility index (Phi) is 5.35. The summed E-state index contributed by atoms with van der Waals surface area (Å²) in [5.41, 5.74) is 1.38. The SMILES string of the molecule is CCN1CCC(CNC(=O)c2cc(NC)ccn2)CC1. The Morgan fingerprint density at radius 3 is 2.85 bits per heavy atom. The summed E-state index contributed by atoms with van der Waals surface area (Å²) in [6.45, 7) is 6.36. The second-order valence-corrected chi connectivity index (χ2v) is 5.27. The molecule has 5 nitrogen and oxygen atoms in total. The number of amides is 1. The van der Waals surface area contributed by atoms with Gasteiger partial charge < -0.3 is 15.5 Å². The van der Waals surface area contributed by atoms with Crippen molar-refractivity contribution in [2.75, 3.05) is 38.5 Å². The Morgan fingerprint density at radius 1 is 1.45 bits per heavy atom. The van der Waals surface area contributed by atoms with Gasteiger partial charge in [0.15, 0.2) is 0 Å². The van der Waals surface area contributed by atoms with Crippen molar-refractivity contribution in [3.05, 3.63) is 24.0 Å². The first-order valence-corrected chi connectivity index (χ1v) is 7.37. The maximum absolute atomic E-state index is 12.1. The molecular weight excluding hydrogens is 252 g/mol. The Balaban J connectivity index is 1.80. The molecule has 0 aliphatic carbocycles. The monoisotopic (exact) mass is 276 g/mol. The molecule has 0 radical (unpaired) electrons. The zero-order chi connectivity index (χ0) is 14.4. The van der Waals surface area contributed by atoms with Gasteiger partial charge in [0, 0.05) is 25.5 Å². The average Bonchev–Trinajstić information content (AvgIpc) is 2.53. The summed E-state index contributed by atoms with van der Waals surface area (Å²) in [4.78, 5) is 18.6. The lowest BCUT2D eigenvalue weighted by atomic mass is 9.97. The van der Waals surface area contributed by atoms with Crippen LogP contribution in [0.4, 0.5) is 5.69 Å². The number of nitrogens with zero attached hydrogens (tertiary/aromatic N) is 2. The largest absolute Gasteiger partial charge is 0.388 e. The third-order valence-electron chi connectivity index (χ3n) is 3.99. The zero-order valence-corrected chi connectivity index (χ0v) is 12.4. The van der Waals surface area contributed by atoms with Crippen molar-refractivity contribution in [1.82, 2.24) is 15.2 Å². The smallest absolute Gasteiger partial charge is 0.269 e. The molecule has 20 heavy (non-hydrogen) atoms. The summed E-state index contributed by atoms with van der Waals surface area (Å²) in [5.74, 6) is 0.509. The molecule has 1 aliphatic heterocycles. The number of aromatic nitrogens is 1. The van der Waals surface area contributed by atoms with Crippen molar-refractivity contribution in [3.63, 3.8) is 0 Å². The summed E-state index contributed by atoms with van der Waals surface area (Å²) >= 11 is 0. The zero-order valence-electron chi connectivity index (χ0n) is 12.4. The van der Waals surface area contributed by atoms with Crippen LogP contribution in [0.15, 0.2) is 18.3 Å². The van der Waals surface area contributed by atoms with E-state index in [-0.39, 0.29) is 5.91 Å². The number of anilines is 1. The minimum atomic E-state index is -0.0833. The number of hydrogen-bond donors (Lipinski definition) is 2. The van der Waals surface area contributed by atoms with Crippen LogP contribution in [0.1, 0.15) is 30.3 Å². The lowest BCUT2D eigenvalue weighted by Gasteiger charge is -2.30. The van der Waals surface area contributed by atoms with Gasteiger partial charge in [-0.25, -0.2) is 0 Å². The van der Waals surface area contributed by atoms with Gasteiger partial charge in [-0.1, -0.05) is 6.92 Å². The van der Waals surface area contributed by atoms with Crippen LogP contribution in [0.3, 0.4) is 0 Å². The van der Waals surface area contributed by atoms with Gasteiger partial charge in [0.25, 0.3) is 5.91 Å². The first-order chi connectivity index (χ1) is 9.72. The molecule has 1 fully saturated rings. The summed E-state index contributed by atoms with van der Waals surface area (Å²) in [6.07, 6.45) is 3.98. The fraction of sp³-hybridized carbons (Fsp3) is 0.600. The van der Waals surface area contributed by atoms with Crippen molar-refractivity contribution in [2.24, 2.45) is 5.92 Å². The lowest BCUT2D eigenvalue weighted by Crippen LogP contribution is -2.38. The van der Waals surface area contributed by atoms with E-state index in [1.54, 1.807) is 12.3 Å². The van der Waals surface area contributed by atoms with Crippen LogP contribution in [-0.2, 0) is 0 Å². The highest BCUT2D eigenvalue weighted by molar-refractivity contribution is 5.93. The number of hydrogen-bond acceptors (Lipinski definition) is 4. The van der Waals surface area contributed by atoms with Gasteiger partial charge in [0.1, 0.15) is 5.69 Å². The molecule has 0 saturated carbocycles. The second kappa shape index (κ2) is 7.24. The van der Waals surface area contributed by atoms with E-state index >= 15 is 0 Å². The third kappa shape index (κ3) is 3.93. The summed E-state index contributed by atoms with van der Waals surface area (Å²) in [7, 11) is 1.83. The number of likely N-dealkylation sites (tertiary alicyclic amines) is 1. The molecule has 2 rings (SSSR count). The molecule has 2 heterocycles. The molecule has 0 aromatic carbocycles. The Labute approximate surface area is 120 Å². The highest BCUT2D eigenvalue weighted by Gasteiger charge is 2.19. The van der Waals surface area contributed by atoms with Crippen LogP contribution < -0.4 is 10.6 Å². The Morgan fingerprint density at radius 2 is 2.20 bits per heavy atom. The van der Waals surface area contributed by atoms with E-state index in [2.05, 4.69) is 27.4 Å². The molecule has 1 amide bonds. The van der Waals surface area contributed by atoms with Crippen LogP contribution in [0.2, 0.25) is 0 Å². The minimum absolute atomic E-state index is 0.0833. The van der Waals surface area contributed by atoms with Crippen molar-refractivity contribution in [1.29, 1.82) is 0 Å². The molecule has 1 aliphatic rings. The van der Waals surface area contributed by atoms with Gasteiger partial charge in [-0.2, -0.15) is 0 Å². The predicted molar refractivity (Wildman–Crippen MR) is 81.0 cm³/mol. The first-order valence-electron chi connectivity index (χ1n) is 7.37. The van der Waals surface area contributed by atoms with Crippen LogP contribution in [-0.4, -0.2) is 49.0 Å². The first kappa shape index (κ1) is 14.8. The van der Waals surface area contributed by atoms with Crippen molar-refractivity contribution >= 4 is 11.6 Å². The summed E-state index contributed by atoms with van der Waals surface area (Å²) < 4.78 is 0. The van der Waals surface area contributed by atoms with Crippen molar-refractivity contribution in [2.45, 2.75) is 19.8 Å². The molecule has 0 spiro atoms. The number of carbonyl (C=O) groups excluding carboxylic acids is 1. The van der Waals surface area contributed by atoms with E-state index in [4.69, 9.17) is 0 Å². The maximum atomic E-state index is 12.1. The molecule has 1 saturated heterocycles. The van der Waals surface area contributed by atoms with Crippen molar-refractivity contribution in [3.8, 4) is 0 Å². The van der Waals surface area contributed by atoms with Crippen LogP contribution in [0.5, 0.6) is 0 Å². The van der Waals surface area contributed by atoms with E-state index in [1.807, 2.05) is 13.1 Å². The average molecular weight is 276 g/mol. The number of carbonyl (C=O) groups is 1. The molecule has 0 bridgehead atoms. The fourth-order valence-corrected chi connectivity index (χ4v) is 2.54. The molecule has 0 unspecified atom stereocenters. The van der Waals surface area contributed by atoms with E-state index in [0.717, 1.165) is 44.7 Å². The van der Waals surface area contributed by atoms with Gasteiger partial charge in [0.05, 0.1) is 0 Å². The van der Waals surface area contributed by atoms with Gasteiger partial charge in [-0.05, 0) is 50.5 Å². The third-order valence-corrected chi connectivity index (χ3v) is 3.99. The quantitative estimate of drug-likeness (QED) is 0.857. The molecule has 110 valence electrons. The van der Waals surface area contributed by atoms with E-state index in [9.17, 15) is 4.79 Å². The number of piperidine rings is 1. The van der Waals surface area contributed by atoms with Gasteiger partial charge in [-0.3, -0.25) is 9.78 Å². The Hall–Kier alpha value is -1.62. The molecule has 1 aromatic rings. The number of nitrogens with one attached hydrogen (secondary N) is 2. The predicted octanol–water partition coefficient (Wildman–Crippen LogP) is 1.58. The van der Waals surface area contributed by atoms with Crippen molar-refractivity contribution < 1.29 is 4.79 Å². The van der Waals surface area contributed by atoms with E-state index in [0.29, 0.717) is 11.6 Å². The van der Waals surface area contributed by atoms with Crippen LogP contribution in [0, 0.1) is 5.92 Å². The summed E-state index contributed by atoms with van der Waals surface area (Å²) in [5, 5.41) is 6.02. The number of rotatable bonds is 5. The topological polar surface area (TPSA) is 57.3 Å². The molecule has 2 N–H and O–H groups in total. The second-order valence-electron chi connectivity index (χ2n) is 5.27. The fourth-order valence-electron chi connectivity index (χ4n) is 2.54. The molecule has 5 heteroatoms. The highest BCUT2D eigenvalue weighted by atomic mass is 16.1. The van der Waals surface area contributed by atoms with E-state index < -0.39 is 0 Å². The standard InChI is InChI=1S/C15H24N4O/c1-3-19-8-5-12(6-9-19)11-18-15(20)14-10-13(16-2)4-7-17-14/h4,7,10,12H,3,5-6,8-9,11H2,1-2H3,(H,16,17)(H,18,20). The van der Waals surface area contributed by atoms with Gasteiger partial charge in [-0.15, -0.1) is 0 Å². The van der Waals surface area contributed by atoms with Gasteiger partial charge in [0.2, 0.25) is 0 Å². The van der Waals surface area contributed by atoms with Crippen LogP contribution >= 0.6 is 0 Å². The van der Waals surface area contributed by atoms with Crippen LogP contribution in [0.25, 0.3) is 0 Å². The summed E-state index contributed by atoms with van der Waals surface area (Å²) in [6, 6.07) is 3.62. The minimum Gasteiger partial charge on any atom is -0.388 e. The molecule has 0 atom stereocenters. The van der Waals surface area contributed by atoms with E-state index in [1.165, 1.54) is 0 Å². The molecule has 1 aromatic heterocycles.